The van der Waals surface area contributed by atoms with Crippen LogP contribution in [-0.2, 0) is 0 Å². The van der Waals surface area contributed by atoms with Gasteiger partial charge in [-0.25, -0.2) is 0 Å². The van der Waals surface area contributed by atoms with Gasteiger partial charge in [0.05, 0.1) is 33.7 Å². The number of hydrogen-bond donors (Lipinski definition) is 0. The first-order valence-corrected chi connectivity index (χ1v) is 14.4. The molecular formula is C38H23N3S. The number of fused-ring (bicyclic) bond motifs is 3. The second-order valence-corrected chi connectivity index (χ2v) is 11.1. The van der Waals surface area contributed by atoms with Crippen molar-refractivity contribution < 1.29 is 0 Å². The summed E-state index contributed by atoms with van der Waals surface area (Å²) < 4.78 is 2.51. The first-order valence-electron chi connectivity index (χ1n) is 13.6. The Kier molecular flexibility index (Phi) is 6.45. The lowest BCUT2D eigenvalue weighted by Gasteiger charge is -2.26. The maximum absolute atomic E-state index is 9.17. The molecule has 0 spiro atoms. The summed E-state index contributed by atoms with van der Waals surface area (Å²) in [6.07, 6.45) is 0. The van der Waals surface area contributed by atoms with Crippen molar-refractivity contribution in [3.63, 3.8) is 0 Å². The zero-order chi connectivity index (χ0) is 28.5. The van der Waals surface area contributed by atoms with E-state index in [9.17, 15) is 10.5 Å². The van der Waals surface area contributed by atoms with Gasteiger partial charge in [-0.05, 0) is 82.9 Å². The van der Waals surface area contributed by atoms with Crippen LogP contribution in [0, 0.1) is 22.7 Å². The molecule has 0 bridgehead atoms. The third-order valence-corrected chi connectivity index (χ3v) is 8.78. The third-order valence-electron chi connectivity index (χ3n) is 7.57. The highest BCUT2D eigenvalue weighted by Crippen LogP contribution is 2.45. The van der Waals surface area contributed by atoms with Crippen LogP contribution in [0.2, 0.25) is 0 Å². The SMILES string of the molecule is N#Cc1ccc(-c2ccc(N(c3ccc(-c4ccc(C#N)cc4)cc3)c3cccc4c3sc3ccccc34)cc2)cc1. The van der Waals surface area contributed by atoms with Gasteiger partial charge in [0.15, 0.2) is 0 Å². The van der Waals surface area contributed by atoms with Crippen LogP contribution >= 0.6 is 11.3 Å². The van der Waals surface area contributed by atoms with Crippen LogP contribution in [0.1, 0.15) is 11.1 Å². The monoisotopic (exact) mass is 553 g/mol. The maximum atomic E-state index is 9.17. The smallest absolute Gasteiger partial charge is 0.0991 e. The Balaban J connectivity index is 1.34. The minimum Gasteiger partial charge on any atom is -0.309 e. The molecule has 1 aromatic heterocycles. The highest BCUT2D eigenvalue weighted by molar-refractivity contribution is 7.26. The Labute approximate surface area is 248 Å². The van der Waals surface area contributed by atoms with Crippen molar-refractivity contribution in [2.75, 3.05) is 4.90 Å². The Morgan fingerprint density at radius 3 is 1.40 bits per heavy atom. The zero-order valence-electron chi connectivity index (χ0n) is 22.5. The fourth-order valence-electron chi connectivity index (χ4n) is 5.42. The number of benzene rings is 6. The van der Waals surface area contributed by atoms with Gasteiger partial charge in [0, 0.05) is 26.8 Å². The van der Waals surface area contributed by atoms with E-state index in [-0.39, 0.29) is 0 Å². The van der Waals surface area contributed by atoms with Crippen molar-refractivity contribution in [2.45, 2.75) is 0 Å². The van der Waals surface area contributed by atoms with Crippen LogP contribution in [0.25, 0.3) is 42.4 Å². The average molecular weight is 554 g/mol. The molecule has 196 valence electrons. The third kappa shape index (κ3) is 4.57. The molecule has 0 N–H and O–H groups in total. The lowest BCUT2D eigenvalue weighted by atomic mass is 10.0. The van der Waals surface area contributed by atoms with Crippen molar-refractivity contribution >= 4 is 48.6 Å². The van der Waals surface area contributed by atoms with Gasteiger partial charge in [-0.2, -0.15) is 10.5 Å². The second kappa shape index (κ2) is 10.7. The number of thiophene rings is 1. The highest BCUT2D eigenvalue weighted by Gasteiger charge is 2.18. The standard InChI is InChI=1S/C38H23N3S/c39-24-26-8-12-28(13-9-26)30-16-20-32(21-17-30)41(33-22-18-31(19-23-33)29-14-10-27(25-40)11-15-29)36-6-3-5-35-34-4-1-2-7-37(34)42-38(35)36/h1-23H. The molecule has 0 unspecified atom stereocenters. The molecule has 4 heteroatoms. The first-order chi connectivity index (χ1) is 20.7. The summed E-state index contributed by atoms with van der Waals surface area (Å²) in [5, 5.41) is 20.9. The molecular weight excluding hydrogens is 531 g/mol. The van der Waals surface area contributed by atoms with Crippen LogP contribution < -0.4 is 4.90 Å². The number of nitriles is 2. The normalized spacial score (nSPS) is 10.8. The van der Waals surface area contributed by atoms with Crippen molar-refractivity contribution in [3.05, 3.63) is 151 Å². The van der Waals surface area contributed by atoms with Gasteiger partial charge in [0.1, 0.15) is 0 Å². The minimum absolute atomic E-state index is 0.655. The molecule has 0 atom stereocenters. The number of hydrogen-bond acceptors (Lipinski definition) is 4. The Bertz CT molecular complexity index is 2030. The zero-order valence-corrected chi connectivity index (χ0v) is 23.3. The second-order valence-electron chi connectivity index (χ2n) is 10.1. The van der Waals surface area contributed by atoms with Crippen LogP contribution in [0.15, 0.2) is 140 Å². The molecule has 0 saturated carbocycles. The van der Waals surface area contributed by atoms with E-state index in [2.05, 4.69) is 108 Å². The number of nitrogens with zero attached hydrogens (tertiary/aromatic N) is 3. The van der Waals surface area contributed by atoms with Gasteiger partial charge in [-0.3, -0.25) is 0 Å². The Hall–Kier alpha value is -5.68. The molecule has 0 aliphatic carbocycles. The molecule has 6 aromatic carbocycles. The molecule has 3 nitrogen and oxygen atoms in total. The van der Waals surface area contributed by atoms with Crippen molar-refractivity contribution in [1.82, 2.24) is 0 Å². The van der Waals surface area contributed by atoms with Gasteiger partial charge in [-0.1, -0.05) is 78.9 Å². The van der Waals surface area contributed by atoms with Crippen molar-refractivity contribution in [3.8, 4) is 34.4 Å². The molecule has 0 fully saturated rings. The van der Waals surface area contributed by atoms with Gasteiger partial charge in [-0.15, -0.1) is 11.3 Å². The van der Waals surface area contributed by atoms with Crippen molar-refractivity contribution in [2.24, 2.45) is 0 Å². The summed E-state index contributed by atoms with van der Waals surface area (Å²) in [6, 6.07) is 52.1. The number of anilines is 3. The van der Waals surface area contributed by atoms with Crippen LogP contribution in [0.5, 0.6) is 0 Å². The molecule has 0 aliphatic rings. The summed E-state index contributed by atoms with van der Waals surface area (Å²) >= 11 is 1.82. The van der Waals surface area contributed by atoms with E-state index < -0.39 is 0 Å². The molecule has 0 radical (unpaired) electrons. The molecule has 0 amide bonds. The van der Waals surface area contributed by atoms with Gasteiger partial charge >= 0.3 is 0 Å². The summed E-state index contributed by atoms with van der Waals surface area (Å²) in [5.41, 5.74) is 8.90. The molecule has 0 saturated heterocycles. The van der Waals surface area contributed by atoms with E-state index in [0.29, 0.717) is 11.1 Å². The Morgan fingerprint density at radius 2 is 0.905 bits per heavy atom. The average Bonchev–Trinajstić information content (AvgIpc) is 3.45. The highest BCUT2D eigenvalue weighted by atomic mass is 32.1. The van der Waals surface area contributed by atoms with E-state index in [1.165, 1.54) is 20.2 Å². The molecule has 7 rings (SSSR count). The summed E-state index contributed by atoms with van der Waals surface area (Å²) in [4.78, 5) is 2.32. The van der Waals surface area contributed by atoms with E-state index in [1.54, 1.807) is 0 Å². The van der Waals surface area contributed by atoms with Gasteiger partial charge < -0.3 is 4.90 Å². The summed E-state index contributed by atoms with van der Waals surface area (Å²) in [7, 11) is 0. The van der Waals surface area contributed by atoms with Gasteiger partial charge in [0.2, 0.25) is 0 Å². The lowest BCUT2D eigenvalue weighted by Crippen LogP contribution is -2.10. The van der Waals surface area contributed by atoms with E-state index in [4.69, 9.17) is 0 Å². The largest absolute Gasteiger partial charge is 0.309 e. The fraction of sp³-hybridized carbons (Fsp3) is 0. The minimum atomic E-state index is 0.655. The molecule has 7 aromatic rings. The van der Waals surface area contributed by atoms with Crippen LogP contribution in [0.4, 0.5) is 17.1 Å². The summed E-state index contributed by atoms with van der Waals surface area (Å²) in [6.45, 7) is 0. The quantitative estimate of drug-likeness (QED) is 0.213. The van der Waals surface area contributed by atoms with E-state index in [0.717, 1.165) is 39.3 Å². The first kappa shape index (κ1) is 25.3. The maximum Gasteiger partial charge on any atom is 0.0991 e. The van der Waals surface area contributed by atoms with Crippen molar-refractivity contribution in [1.29, 1.82) is 10.5 Å². The predicted molar refractivity (Wildman–Crippen MR) is 174 cm³/mol. The van der Waals surface area contributed by atoms with Crippen LogP contribution in [0.3, 0.4) is 0 Å². The van der Waals surface area contributed by atoms with Crippen LogP contribution in [-0.4, -0.2) is 0 Å². The Morgan fingerprint density at radius 1 is 0.452 bits per heavy atom. The lowest BCUT2D eigenvalue weighted by molar-refractivity contribution is 1.30. The van der Waals surface area contributed by atoms with Gasteiger partial charge in [0.25, 0.3) is 0 Å². The molecule has 1 heterocycles. The fourth-order valence-corrected chi connectivity index (χ4v) is 6.62. The topological polar surface area (TPSA) is 50.8 Å². The van der Waals surface area contributed by atoms with E-state index in [1.807, 2.05) is 59.9 Å². The number of rotatable bonds is 5. The predicted octanol–water partition coefficient (Wildman–Crippen LogP) is 10.6. The summed E-state index contributed by atoms with van der Waals surface area (Å²) in [5.74, 6) is 0. The van der Waals surface area contributed by atoms with E-state index >= 15 is 0 Å². The molecule has 0 aliphatic heterocycles. The molecule has 42 heavy (non-hydrogen) atoms.